The van der Waals surface area contributed by atoms with Crippen LogP contribution >= 0.6 is 11.8 Å². The molecule has 7 nitrogen and oxygen atoms in total. The largest absolute Gasteiger partial charge is 0.395 e. The lowest BCUT2D eigenvalue weighted by Crippen LogP contribution is -2.32. The summed E-state index contributed by atoms with van der Waals surface area (Å²) in [6.45, 7) is 3.44. The highest BCUT2D eigenvalue weighted by Crippen LogP contribution is 2.44. The Kier molecular flexibility index (Phi) is 4.40. The second kappa shape index (κ2) is 6.32. The van der Waals surface area contributed by atoms with E-state index < -0.39 is 22.8 Å². The van der Waals surface area contributed by atoms with Gasteiger partial charge >= 0.3 is 0 Å². The maximum atomic E-state index is 10.3. The molecule has 1 unspecified atom stereocenters. The lowest BCUT2D eigenvalue weighted by atomic mass is 10.1. The molecule has 2 aromatic rings. The summed E-state index contributed by atoms with van der Waals surface area (Å²) in [4.78, 5) is 8.29. The van der Waals surface area contributed by atoms with Gasteiger partial charge in [-0.3, -0.25) is 0 Å². The number of hydrogen-bond donors (Lipinski definition) is 4. The zero-order valence-corrected chi connectivity index (χ0v) is 13.1. The number of aliphatic hydroxyl groups is 3. The number of aromatic nitrogens is 3. The van der Waals surface area contributed by atoms with Gasteiger partial charge in [-0.2, -0.15) is 0 Å². The summed E-state index contributed by atoms with van der Waals surface area (Å²) in [6.07, 6.45) is 6.41. The Bertz CT molecular complexity index is 761. The molecule has 0 radical (unpaired) electrons. The molecule has 5 N–H and O–H groups in total. The molecule has 0 aliphatic carbocycles. The molecule has 1 saturated heterocycles. The molecule has 122 valence electrons. The van der Waals surface area contributed by atoms with Gasteiger partial charge in [-0.25, -0.2) is 9.97 Å². The van der Waals surface area contributed by atoms with Crippen LogP contribution in [0.2, 0.25) is 0 Å². The van der Waals surface area contributed by atoms with Gasteiger partial charge in [0, 0.05) is 11.8 Å². The van der Waals surface area contributed by atoms with Crippen LogP contribution in [0, 0.1) is 0 Å². The Balaban J connectivity index is 2.13. The monoisotopic (exact) mass is 334 g/mol. The Morgan fingerprint density at radius 1 is 1.35 bits per heavy atom. The van der Waals surface area contributed by atoms with Crippen LogP contribution in [0.25, 0.3) is 17.1 Å². The molecule has 1 aliphatic rings. The number of hydrogen-bond acceptors (Lipinski definition) is 7. The van der Waals surface area contributed by atoms with Crippen LogP contribution in [-0.4, -0.2) is 53.9 Å². The zero-order chi connectivity index (χ0) is 16.6. The Hall–Kier alpha value is -1.87. The summed E-state index contributed by atoms with van der Waals surface area (Å²) < 4.78 is 1.77. The average Bonchev–Trinajstić information content (AvgIpc) is 3.05. The van der Waals surface area contributed by atoms with E-state index >= 15 is 0 Å². The summed E-state index contributed by atoms with van der Waals surface area (Å²) in [5.41, 5.74) is 7.34. The second-order valence-electron chi connectivity index (χ2n) is 5.27. The van der Waals surface area contributed by atoms with E-state index in [-0.39, 0.29) is 6.61 Å². The van der Waals surface area contributed by atoms with Gasteiger partial charge in [0.1, 0.15) is 29.3 Å². The fraction of sp³-hybridized carbons (Fsp3) is 0.333. The number of anilines is 1. The third kappa shape index (κ3) is 2.63. The Labute approximate surface area is 137 Å². The lowest BCUT2D eigenvalue weighted by Gasteiger charge is -2.17. The molecule has 3 rings (SSSR count). The Morgan fingerprint density at radius 3 is 2.78 bits per heavy atom. The molecule has 8 heteroatoms. The van der Waals surface area contributed by atoms with Crippen molar-refractivity contribution in [2.45, 2.75) is 22.8 Å². The van der Waals surface area contributed by atoms with Crippen molar-refractivity contribution in [3.05, 3.63) is 36.8 Å². The van der Waals surface area contributed by atoms with Crippen LogP contribution in [0.15, 0.2) is 31.3 Å². The molecule has 0 saturated carbocycles. The predicted molar refractivity (Wildman–Crippen MR) is 90.7 cm³/mol. The second-order valence-corrected chi connectivity index (χ2v) is 6.63. The molecule has 0 aromatic carbocycles. The first-order valence-electron chi connectivity index (χ1n) is 7.11. The van der Waals surface area contributed by atoms with E-state index in [0.29, 0.717) is 16.9 Å². The van der Waals surface area contributed by atoms with Crippen molar-refractivity contribution in [2.24, 2.45) is 0 Å². The van der Waals surface area contributed by atoms with Crippen molar-refractivity contribution in [3.8, 4) is 0 Å². The zero-order valence-electron chi connectivity index (χ0n) is 12.3. The van der Waals surface area contributed by atoms with Crippen molar-refractivity contribution in [3.63, 3.8) is 0 Å². The van der Waals surface area contributed by atoms with Crippen LogP contribution < -0.4 is 5.73 Å². The molecule has 1 fully saturated rings. The third-order valence-corrected chi connectivity index (χ3v) is 5.43. The van der Waals surface area contributed by atoms with Gasteiger partial charge in [0.2, 0.25) is 0 Å². The predicted octanol–water partition coefficient (Wildman–Crippen LogP) is 0.541. The molecule has 0 amide bonds. The van der Waals surface area contributed by atoms with Gasteiger partial charge in [0.25, 0.3) is 0 Å². The number of allylic oxidation sites excluding steroid dienone is 2. The first kappa shape index (κ1) is 16.0. The van der Waals surface area contributed by atoms with Crippen LogP contribution in [-0.2, 0) is 0 Å². The maximum absolute atomic E-state index is 10.3. The van der Waals surface area contributed by atoms with E-state index in [1.165, 1.54) is 18.1 Å². The number of nitrogens with two attached hydrogens (primary N) is 1. The molecule has 1 aliphatic heterocycles. The number of fused-ring (bicyclic) bond motifs is 1. The van der Waals surface area contributed by atoms with Crippen molar-refractivity contribution in [1.82, 2.24) is 14.5 Å². The normalized spacial score (nSPS) is 28.0. The van der Waals surface area contributed by atoms with E-state index in [1.807, 2.05) is 12.3 Å². The van der Waals surface area contributed by atoms with Gasteiger partial charge in [-0.15, -0.1) is 11.8 Å². The third-order valence-electron chi connectivity index (χ3n) is 3.87. The smallest absolute Gasteiger partial charge is 0.147 e. The van der Waals surface area contributed by atoms with E-state index in [9.17, 15) is 15.3 Å². The summed E-state index contributed by atoms with van der Waals surface area (Å²) in [5.74, 6) is 0.342. The highest BCUT2D eigenvalue weighted by atomic mass is 32.2. The molecular weight excluding hydrogens is 316 g/mol. The van der Waals surface area contributed by atoms with Crippen molar-refractivity contribution in [1.29, 1.82) is 0 Å². The minimum absolute atomic E-state index is 0.209. The fourth-order valence-electron chi connectivity index (χ4n) is 2.74. The van der Waals surface area contributed by atoms with Gasteiger partial charge in [-0.1, -0.05) is 24.8 Å². The quantitative estimate of drug-likeness (QED) is 0.603. The van der Waals surface area contributed by atoms with E-state index in [2.05, 4.69) is 16.5 Å². The average molecular weight is 334 g/mol. The van der Waals surface area contributed by atoms with E-state index in [1.54, 1.807) is 16.7 Å². The summed E-state index contributed by atoms with van der Waals surface area (Å²) >= 11 is 1.31. The highest BCUT2D eigenvalue weighted by Gasteiger charge is 2.43. The number of nitrogen functional groups attached to an aromatic ring is 1. The Morgan fingerprint density at radius 2 is 2.13 bits per heavy atom. The number of aliphatic hydroxyl groups excluding tert-OH is 3. The number of nitrogens with zero attached hydrogens (tertiary/aromatic N) is 3. The van der Waals surface area contributed by atoms with Crippen LogP contribution in [0.5, 0.6) is 0 Å². The molecule has 0 bridgehead atoms. The van der Waals surface area contributed by atoms with Crippen molar-refractivity contribution < 1.29 is 15.3 Å². The molecule has 3 heterocycles. The SMILES string of the molecule is C=CC=Cc1cn([C@@H]2S[C@H](CO)C(O)[C@@H]2O)c2ncnc(N)c12. The number of thioether (sulfide) groups is 1. The summed E-state index contributed by atoms with van der Waals surface area (Å²) in [5, 5.41) is 29.4. The van der Waals surface area contributed by atoms with E-state index in [4.69, 9.17) is 5.73 Å². The van der Waals surface area contributed by atoms with Crippen LogP contribution in [0.1, 0.15) is 10.9 Å². The fourth-order valence-corrected chi connectivity index (χ4v) is 4.12. The standard InChI is InChI=1S/C15H18N4O3S/c1-2-3-4-8-5-19(14-10(8)13(16)17-7-18-14)15-12(22)11(21)9(6-20)23-15/h2-5,7,9,11-12,15,20-22H,1,6H2,(H2,16,17,18)/t9-,11?,12+,15-/m1/s1. The lowest BCUT2D eigenvalue weighted by molar-refractivity contribution is 0.0113. The van der Waals surface area contributed by atoms with Gasteiger partial charge < -0.3 is 25.6 Å². The molecule has 4 atom stereocenters. The van der Waals surface area contributed by atoms with Gasteiger partial charge in [0.15, 0.2) is 0 Å². The van der Waals surface area contributed by atoms with E-state index in [0.717, 1.165) is 5.56 Å². The highest BCUT2D eigenvalue weighted by molar-refractivity contribution is 8.00. The topological polar surface area (TPSA) is 117 Å². The summed E-state index contributed by atoms with van der Waals surface area (Å²) in [7, 11) is 0. The van der Waals surface area contributed by atoms with Crippen molar-refractivity contribution in [2.75, 3.05) is 12.3 Å². The molecule has 23 heavy (non-hydrogen) atoms. The number of rotatable bonds is 4. The molecular formula is C15H18N4O3S. The van der Waals surface area contributed by atoms with Gasteiger partial charge in [-0.05, 0) is 0 Å². The minimum Gasteiger partial charge on any atom is -0.395 e. The minimum atomic E-state index is -1.01. The van der Waals surface area contributed by atoms with Crippen LogP contribution in [0.3, 0.4) is 0 Å². The molecule has 2 aromatic heterocycles. The first-order valence-corrected chi connectivity index (χ1v) is 8.05. The van der Waals surface area contributed by atoms with Crippen LogP contribution in [0.4, 0.5) is 5.82 Å². The van der Waals surface area contributed by atoms with Gasteiger partial charge in [0.05, 0.1) is 23.3 Å². The summed E-state index contributed by atoms with van der Waals surface area (Å²) in [6, 6.07) is 0. The maximum Gasteiger partial charge on any atom is 0.147 e. The first-order chi connectivity index (χ1) is 11.1. The van der Waals surface area contributed by atoms with Crippen molar-refractivity contribution >= 4 is 34.7 Å². The molecule has 0 spiro atoms.